The normalized spacial score (nSPS) is 34.4. The molecular formula is C11H19O5P. The van der Waals surface area contributed by atoms with E-state index >= 15 is 0 Å². The minimum absolute atomic E-state index is 0.0635. The number of carbonyl (C=O) groups is 1. The largest absolute Gasteiger partial charge is 0.464 e. The molecule has 0 aromatic rings. The van der Waals surface area contributed by atoms with E-state index in [9.17, 15) is 9.36 Å². The van der Waals surface area contributed by atoms with Gasteiger partial charge in [-0.05, 0) is 13.8 Å². The van der Waals surface area contributed by atoms with Gasteiger partial charge < -0.3 is 13.8 Å². The molecule has 17 heavy (non-hydrogen) atoms. The predicted molar refractivity (Wildman–Crippen MR) is 61.8 cm³/mol. The first-order valence-electron chi connectivity index (χ1n) is 5.95. The molecular weight excluding hydrogens is 243 g/mol. The van der Waals surface area contributed by atoms with Gasteiger partial charge in [0.1, 0.15) is 0 Å². The molecule has 0 spiro atoms. The predicted octanol–water partition coefficient (Wildman–Crippen LogP) is 2.20. The zero-order chi connectivity index (χ0) is 12.9. The van der Waals surface area contributed by atoms with Gasteiger partial charge in [-0.1, -0.05) is 13.8 Å². The lowest BCUT2D eigenvalue weighted by Crippen LogP contribution is -2.30. The van der Waals surface area contributed by atoms with Crippen LogP contribution in [0, 0.1) is 11.3 Å². The Hall–Kier alpha value is -0.380. The number of ether oxygens (including phenoxy) is 1. The summed E-state index contributed by atoms with van der Waals surface area (Å²) in [6, 6.07) is 0. The fraction of sp³-hybridized carbons (Fsp3) is 0.909. The first-order valence-corrected chi connectivity index (χ1v) is 7.49. The highest BCUT2D eigenvalue weighted by Gasteiger charge is 2.89. The van der Waals surface area contributed by atoms with Crippen molar-refractivity contribution in [2.45, 2.75) is 32.9 Å². The Morgan fingerprint density at radius 3 is 2.24 bits per heavy atom. The third-order valence-electron chi connectivity index (χ3n) is 4.00. The Morgan fingerprint density at radius 1 is 1.35 bits per heavy atom. The fourth-order valence-electron chi connectivity index (χ4n) is 3.09. The highest BCUT2D eigenvalue weighted by atomic mass is 31.2. The summed E-state index contributed by atoms with van der Waals surface area (Å²) in [6.07, 6.45) is 0. The Kier molecular flexibility index (Phi) is 2.92. The fourth-order valence-corrected chi connectivity index (χ4v) is 6.11. The Bertz CT molecular complexity index is 381. The molecule has 1 saturated carbocycles. The molecule has 2 atom stereocenters. The molecule has 0 radical (unpaired) electrons. The number of esters is 1. The Balaban J connectivity index is 2.43. The van der Waals surface area contributed by atoms with Gasteiger partial charge in [-0.15, -0.1) is 0 Å². The number of fused-ring (bicyclic) bond motifs is 1. The summed E-state index contributed by atoms with van der Waals surface area (Å²) in [5.74, 6) is -0.496. The minimum Gasteiger partial charge on any atom is -0.464 e. The number of cyclic esters (lactones) is 1. The van der Waals surface area contributed by atoms with Crippen molar-refractivity contribution in [1.29, 1.82) is 0 Å². The van der Waals surface area contributed by atoms with Crippen LogP contribution in [-0.4, -0.2) is 30.9 Å². The van der Waals surface area contributed by atoms with E-state index in [4.69, 9.17) is 13.8 Å². The SMILES string of the molecule is CCOP(=O)(OCC)[C@@]12C(=O)OC[C@@H]1C2(C)C. The summed E-state index contributed by atoms with van der Waals surface area (Å²) in [6.45, 7) is 8.16. The van der Waals surface area contributed by atoms with Crippen molar-refractivity contribution in [3.8, 4) is 0 Å². The molecule has 0 aromatic heterocycles. The van der Waals surface area contributed by atoms with Gasteiger partial charge in [-0.2, -0.15) is 0 Å². The monoisotopic (exact) mass is 262 g/mol. The van der Waals surface area contributed by atoms with E-state index in [-0.39, 0.29) is 24.5 Å². The lowest BCUT2D eigenvalue weighted by atomic mass is 10.1. The van der Waals surface area contributed by atoms with Gasteiger partial charge in [0, 0.05) is 11.3 Å². The van der Waals surface area contributed by atoms with Gasteiger partial charge in [0.25, 0.3) is 0 Å². The van der Waals surface area contributed by atoms with Crippen molar-refractivity contribution in [3.05, 3.63) is 0 Å². The quantitative estimate of drug-likeness (QED) is 0.561. The first kappa shape index (κ1) is 13.1. The van der Waals surface area contributed by atoms with Crippen LogP contribution in [0.15, 0.2) is 0 Å². The molecule has 2 rings (SSSR count). The van der Waals surface area contributed by atoms with E-state index in [1.54, 1.807) is 13.8 Å². The lowest BCUT2D eigenvalue weighted by molar-refractivity contribution is -0.142. The standard InChI is InChI=1S/C11H19O5P/c1-5-15-17(13,16-6-2)11-8(10(11,3)4)7-14-9(11)12/h8H,5-7H2,1-4H3/t8-,11-/m1/s1. The number of carbonyl (C=O) groups excluding carboxylic acids is 1. The highest BCUT2D eigenvalue weighted by Crippen LogP contribution is 2.84. The maximum absolute atomic E-state index is 12.9. The molecule has 1 aliphatic heterocycles. The molecule has 1 aliphatic carbocycles. The van der Waals surface area contributed by atoms with Crippen molar-refractivity contribution >= 4 is 13.6 Å². The second-order valence-corrected chi connectivity index (χ2v) is 7.19. The van der Waals surface area contributed by atoms with Crippen LogP contribution in [0.1, 0.15) is 27.7 Å². The van der Waals surface area contributed by atoms with Crippen LogP contribution in [0.3, 0.4) is 0 Å². The van der Waals surface area contributed by atoms with Crippen LogP contribution in [0.4, 0.5) is 0 Å². The topological polar surface area (TPSA) is 61.8 Å². The summed E-state index contributed by atoms with van der Waals surface area (Å²) >= 11 is 0. The zero-order valence-corrected chi connectivity index (χ0v) is 11.6. The van der Waals surface area contributed by atoms with Crippen LogP contribution in [0.25, 0.3) is 0 Å². The average Bonchev–Trinajstić information content (AvgIpc) is 2.53. The van der Waals surface area contributed by atoms with Crippen molar-refractivity contribution in [1.82, 2.24) is 0 Å². The summed E-state index contributed by atoms with van der Waals surface area (Å²) in [7, 11) is -3.46. The molecule has 2 fully saturated rings. The van der Waals surface area contributed by atoms with Crippen molar-refractivity contribution in [2.75, 3.05) is 19.8 Å². The number of hydrogen-bond donors (Lipinski definition) is 0. The summed E-state index contributed by atoms with van der Waals surface area (Å²) in [5.41, 5.74) is -0.373. The van der Waals surface area contributed by atoms with E-state index < -0.39 is 18.7 Å². The van der Waals surface area contributed by atoms with E-state index in [1.807, 2.05) is 13.8 Å². The molecule has 2 aliphatic rings. The zero-order valence-electron chi connectivity index (χ0n) is 10.7. The van der Waals surface area contributed by atoms with Gasteiger partial charge in [0.2, 0.25) is 0 Å². The van der Waals surface area contributed by atoms with Crippen LogP contribution >= 0.6 is 7.60 Å². The summed E-state index contributed by atoms with van der Waals surface area (Å²) < 4.78 is 28.6. The van der Waals surface area contributed by atoms with Gasteiger partial charge in [0.15, 0.2) is 5.16 Å². The van der Waals surface area contributed by atoms with Gasteiger partial charge in [-0.3, -0.25) is 9.36 Å². The third-order valence-corrected chi connectivity index (χ3v) is 7.13. The van der Waals surface area contributed by atoms with Crippen molar-refractivity contribution in [2.24, 2.45) is 11.3 Å². The Morgan fingerprint density at radius 2 is 1.88 bits per heavy atom. The number of hydrogen-bond acceptors (Lipinski definition) is 5. The molecule has 0 N–H and O–H groups in total. The maximum Gasteiger partial charge on any atom is 0.348 e. The van der Waals surface area contributed by atoms with Gasteiger partial charge >= 0.3 is 13.6 Å². The molecule has 0 amide bonds. The summed E-state index contributed by atoms with van der Waals surface area (Å²) in [5, 5.41) is -1.08. The van der Waals surface area contributed by atoms with Gasteiger partial charge in [-0.25, -0.2) is 0 Å². The molecule has 0 aromatic carbocycles. The molecule has 5 nitrogen and oxygen atoms in total. The van der Waals surface area contributed by atoms with Crippen molar-refractivity contribution < 1.29 is 23.1 Å². The second-order valence-electron chi connectivity index (χ2n) is 4.97. The number of rotatable bonds is 5. The van der Waals surface area contributed by atoms with E-state index in [0.717, 1.165) is 0 Å². The van der Waals surface area contributed by atoms with E-state index in [0.29, 0.717) is 6.61 Å². The lowest BCUT2D eigenvalue weighted by Gasteiger charge is -2.26. The van der Waals surface area contributed by atoms with Crippen LogP contribution < -0.4 is 0 Å². The molecule has 98 valence electrons. The Labute approximate surface area is 101 Å². The molecule has 0 bridgehead atoms. The second kappa shape index (κ2) is 3.81. The first-order chi connectivity index (χ1) is 7.88. The molecule has 0 unspecified atom stereocenters. The molecule has 1 saturated heterocycles. The van der Waals surface area contributed by atoms with Gasteiger partial charge in [0.05, 0.1) is 19.8 Å². The highest BCUT2D eigenvalue weighted by molar-refractivity contribution is 7.57. The van der Waals surface area contributed by atoms with Crippen LogP contribution in [0.5, 0.6) is 0 Å². The van der Waals surface area contributed by atoms with Crippen molar-refractivity contribution in [3.63, 3.8) is 0 Å². The van der Waals surface area contributed by atoms with Crippen LogP contribution in [-0.2, 0) is 23.1 Å². The third kappa shape index (κ3) is 1.33. The summed E-state index contributed by atoms with van der Waals surface area (Å²) in [4.78, 5) is 12.0. The van der Waals surface area contributed by atoms with Crippen LogP contribution in [0.2, 0.25) is 0 Å². The molecule has 1 heterocycles. The smallest absolute Gasteiger partial charge is 0.348 e. The van der Waals surface area contributed by atoms with E-state index in [2.05, 4.69) is 0 Å². The maximum atomic E-state index is 12.9. The minimum atomic E-state index is -3.46. The molecule has 6 heteroatoms. The van der Waals surface area contributed by atoms with E-state index in [1.165, 1.54) is 0 Å². The average molecular weight is 262 g/mol.